The number of rotatable bonds is 5. The molecule has 3 atom stereocenters. The number of benzene rings is 1. The van der Waals surface area contributed by atoms with E-state index in [1.807, 2.05) is 31.2 Å². The molecular weight excluding hydrogens is 366 g/mol. The fourth-order valence-electron chi connectivity index (χ4n) is 4.19. The molecule has 1 aromatic heterocycles. The van der Waals surface area contributed by atoms with Crippen LogP contribution in [0, 0.1) is 6.92 Å². The van der Waals surface area contributed by atoms with E-state index in [-0.39, 0.29) is 23.3 Å². The van der Waals surface area contributed by atoms with Gasteiger partial charge in [-0.2, -0.15) is 0 Å². The number of nitrogens with one attached hydrogen (secondary N) is 2. The summed E-state index contributed by atoms with van der Waals surface area (Å²) in [6, 6.07) is 11.7. The number of aromatic nitrogens is 1. The van der Waals surface area contributed by atoms with E-state index < -0.39 is 6.10 Å². The molecule has 1 aliphatic carbocycles. The molecule has 1 heterocycles. The Morgan fingerprint density at radius 1 is 1.17 bits per heavy atom. The minimum Gasteiger partial charge on any atom is -0.391 e. The predicted molar refractivity (Wildman–Crippen MR) is 112 cm³/mol. The van der Waals surface area contributed by atoms with Gasteiger partial charge in [0.15, 0.2) is 0 Å². The first kappa shape index (κ1) is 21.0. The summed E-state index contributed by atoms with van der Waals surface area (Å²) in [7, 11) is 0. The van der Waals surface area contributed by atoms with Gasteiger partial charge in [0.05, 0.1) is 17.7 Å². The lowest BCUT2D eigenvalue weighted by Gasteiger charge is -2.34. The highest BCUT2D eigenvalue weighted by atomic mass is 16.3. The van der Waals surface area contributed by atoms with Gasteiger partial charge in [-0.25, -0.2) is 0 Å². The zero-order valence-electron chi connectivity index (χ0n) is 17.0. The monoisotopic (exact) mass is 395 g/mol. The first-order valence-corrected chi connectivity index (χ1v) is 10.1. The van der Waals surface area contributed by atoms with Crippen molar-refractivity contribution in [1.82, 2.24) is 15.6 Å². The normalized spacial score (nSPS) is 24.4. The Kier molecular flexibility index (Phi) is 6.64. The molecule has 0 unspecified atom stereocenters. The molecule has 3 rings (SSSR count). The van der Waals surface area contributed by atoms with Crippen molar-refractivity contribution in [3.63, 3.8) is 0 Å². The Morgan fingerprint density at radius 3 is 2.59 bits per heavy atom. The number of aliphatic hydroxyl groups excluding tert-OH is 1. The lowest BCUT2D eigenvalue weighted by Crippen LogP contribution is -2.42. The predicted octanol–water partition coefficient (Wildman–Crippen LogP) is 2.50. The van der Waals surface area contributed by atoms with Gasteiger partial charge in [0.1, 0.15) is 0 Å². The number of aryl methyl sites for hydroxylation is 1. The first-order chi connectivity index (χ1) is 13.9. The molecule has 3 N–H and O–H groups in total. The van der Waals surface area contributed by atoms with Crippen LogP contribution in [0.4, 0.5) is 0 Å². The van der Waals surface area contributed by atoms with Crippen LogP contribution >= 0.6 is 0 Å². The maximum Gasteiger partial charge on any atom is 0.252 e. The van der Waals surface area contributed by atoms with Gasteiger partial charge >= 0.3 is 0 Å². The SMILES string of the molecule is CC(=O)N[C@H]1CC[C@](CNC(=O)c2cncc(C)c2)(c2ccccc2)CC[C@@H]1O. The highest BCUT2D eigenvalue weighted by molar-refractivity contribution is 5.94. The number of nitrogens with zero attached hydrogens (tertiary/aromatic N) is 1. The van der Waals surface area contributed by atoms with Crippen molar-refractivity contribution in [2.75, 3.05) is 6.54 Å². The van der Waals surface area contributed by atoms with Gasteiger partial charge in [-0.15, -0.1) is 0 Å². The third-order valence-electron chi connectivity index (χ3n) is 5.82. The average molecular weight is 396 g/mol. The molecule has 0 radical (unpaired) electrons. The van der Waals surface area contributed by atoms with Crippen LogP contribution < -0.4 is 10.6 Å². The van der Waals surface area contributed by atoms with Gasteiger partial charge in [0.25, 0.3) is 5.91 Å². The largest absolute Gasteiger partial charge is 0.391 e. The van der Waals surface area contributed by atoms with Crippen molar-refractivity contribution in [3.8, 4) is 0 Å². The average Bonchev–Trinajstić information content (AvgIpc) is 2.87. The molecule has 1 fully saturated rings. The van der Waals surface area contributed by atoms with E-state index in [1.54, 1.807) is 12.4 Å². The molecule has 29 heavy (non-hydrogen) atoms. The molecule has 1 aromatic carbocycles. The maximum atomic E-state index is 12.7. The fraction of sp³-hybridized carbons (Fsp3) is 0.435. The van der Waals surface area contributed by atoms with Crippen molar-refractivity contribution in [3.05, 3.63) is 65.5 Å². The molecule has 6 heteroatoms. The van der Waals surface area contributed by atoms with Crippen LogP contribution in [0.3, 0.4) is 0 Å². The number of hydrogen-bond acceptors (Lipinski definition) is 4. The standard InChI is InChI=1S/C23H29N3O3/c1-16-12-18(14-24-13-16)22(29)25-15-23(19-6-4-3-5-7-19)10-8-20(26-17(2)27)21(28)9-11-23/h3-7,12-14,20-21,28H,8-11,15H2,1-2H3,(H,25,29)(H,26,27)/t20-,21-,23-/m0/s1. The molecular formula is C23H29N3O3. The molecule has 1 saturated carbocycles. The van der Waals surface area contributed by atoms with Crippen molar-refractivity contribution < 1.29 is 14.7 Å². The topological polar surface area (TPSA) is 91.3 Å². The first-order valence-electron chi connectivity index (χ1n) is 10.1. The summed E-state index contributed by atoms with van der Waals surface area (Å²) in [5, 5.41) is 16.5. The van der Waals surface area contributed by atoms with Crippen LogP contribution in [-0.4, -0.2) is 40.6 Å². The van der Waals surface area contributed by atoms with E-state index in [2.05, 4.69) is 27.8 Å². The van der Waals surface area contributed by atoms with E-state index in [1.165, 1.54) is 6.92 Å². The second kappa shape index (κ2) is 9.18. The Labute approximate surface area is 171 Å². The summed E-state index contributed by atoms with van der Waals surface area (Å²) < 4.78 is 0. The summed E-state index contributed by atoms with van der Waals surface area (Å²) in [5.74, 6) is -0.291. The third kappa shape index (κ3) is 5.21. The number of amides is 2. The molecule has 6 nitrogen and oxygen atoms in total. The van der Waals surface area contributed by atoms with Crippen LogP contribution in [0.5, 0.6) is 0 Å². The minimum absolute atomic E-state index is 0.137. The summed E-state index contributed by atoms with van der Waals surface area (Å²) in [6.07, 6.45) is 5.38. The Bertz CT molecular complexity index is 855. The summed E-state index contributed by atoms with van der Waals surface area (Å²) in [4.78, 5) is 28.3. The Hall–Kier alpha value is -2.73. The summed E-state index contributed by atoms with van der Waals surface area (Å²) in [5.41, 5.74) is 2.31. The number of aliphatic hydroxyl groups is 1. The van der Waals surface area contributed by atoms with Gasteiger partial charge in [-0.05, 0) is 49.8 Å². The molecule has 0 bridgehead atoms. The van der Waals surface area contributed by atoms with Crippen LogP contribution in [0.2, 0.25) is 0 Å². The fourth-order valence-corrected chi connectivity index (χ4v) is 4.19. The molecule has 0 aliphatic heterocycles. The highest BCUT2D eigenvalue weighted by Crippen LogP contribution is 2.38. The van der Waals surface area contributed by atoms with Gasteiger partial charge in [-0.3, -0.25) is 14.6 Å². The second-order valence-corrected chi connectivity index (χ2v) is 8.03. The van der Waals surface area contributed by atoms with Crippen LogP contribution in [-0.2, 0) is 10.2 Å². The zero-order chi connectivity index (χ0) is 20.9. The van der Waals surface area contributed by atoms with Crippen LogP contribution in [0.1, 0.15) is 54.1 Å². The van der Waals surface area contributed by atoms with Crippen molar-refractivity contribution in [1.29, 1.82) is 0 Å². The van der Waals surface area contributed by atoms with Gasteiger partial charge < -0.3 is 15.7 Å². The Morgan fingerprint density at radius 2 is 1.90 bits per heavy atom. The maximum absolute atomic E-state index is 12.7. The van der Waals surface area contributed by atoms with Crippen molar-refractivity contribution in [2.45, 2.75) is 57.1 Å². The van der Waals surface area contributed by atoms with Gasteiger partial charge in [0, 0.05) is 31.3 Å². The number of carbonyl (C=O) groups excluding carboxylic acids is 2. The molecule has 2 aromatic rings. The lowest BCUT2D eigenvalue weighted by atomic mass is 9.74. The lowest BCUT2D eigenvalue weighted by molar-refractivity contribution is -0.120. The summed E-state index contributed by atoms with van der Waals surface area (Å²) >= 11 is 0. The number of pyridine rings is 1. The van der Waals surface area contributed by atoms with E-state index in [0.29, 0.717) is 24.9 Å². The Balaban J connectivity index is 1.81. The van der Waals surface area contributed by atoms with Crippen LogP contribution in [0.15, 0.2) is 48.8 Å². The molecule has 2 amide bonds. The quantitative estimate of drug-likeness (QED) is 0.679. The van der Waals surface area contributed by atoms with Gasteiger partial charge in [-0.1, -0.05) is 30.3 Å². The molecule has 0 saturated heterocycles. The van der Waals surface area contributed by atoms with E-state index >= 15 is 0 Å². The van der Waals surface area contributed by atoms with E-state index in [0.717, 1.165) is 24.0 Å². The number of hydrogen-bond donors (Lipinski definition) is 3. The molecule has 1 aliphatic rings. The van der Waals surface area contributed by atoms with Gasteiger partial charge in [0.2, 0.25) is 5.91 Å². The third-order valence-corrected chi connectivity index (χ3v) is 5.82. The second-order valence-electron chi connectivity index (χ2n) is 8.03. The summed E-state index contributed by atoms with van der Waals surface area (Å²) in [6.45, 7) is 3.84. The minimum atomic E-state index is -0.596. The van der Waals surface area contributed by atoms with E-state index in [4.69, 9.17) is 0 Å². The van der Waals surface area contributed by atoms with Crippen molar-refractivity contribution in [2.24, 2.45) is 0 Å². The number of carbonyl (C=O) groups is 2. The molecule has 0 spiro atoms. The molecule has 154 valence electrons. The van der Waals surface area contributed by atoms with E-state index in [9.17, 15) is 14.7 Å². The highest BCUT2D eigenvalue weighted by Gasteiger charge is 2.38. The van der Waals surface area contributed by atoms with Crippen molar-refractivity contribution >= 4 is 11.8 Å². The smallest absolute Gasteiger partial charge is 0.252 e. The van der Waals surface area contributed by atoms with Crippen LogP contribution in [0.25, 0.3) is 0 Å². The zero-order valence-corrected chi connectivity index (χ0v) is 17.0.